The van der Waals surface area contributed by atoms with Crippen molar-refractivity contribution in [2.75, 3.05) is 0 Å². The van der Waals surface area contributed by atoms with Crippen LogP contribution in [0.15, 0.2) is 48.8 Å². The molecule has 0 unspecified atom stereocenters. The molecule has 0 radical (unpaired) electrons. The van der Waals surface area contributed by atoms with E-state index in [0.29, 0.717) is 23.0 Å². The van der Waals surface area contributed by atoms with Crippen molar-refractivity contribution in [1.29, 1.82) is 0 Å². The highest BCUT2D eigenvalue weighted by Gasteiger charge is 2.33. The van der Waals surface area contributed by atoms with Crippen LogP contribution in [0.5, 0.6) is 5.75 Å². The summed E-state index contributed by atoms with van der Waals surface area (Å²) in [6.07, 6.45) is -1.36. The molecule has 6 nitrogen and oxygen atoms in total. The first-order chi connectivity index (χ1) is 13.4. The molecular formula is C19H12F3N5O. The van der Waals surface area contributed by atoms with Gasteiger partial charge in [0.2, 0.25) is 0 Å². The Morgan fingerprint density at radius 1 is 0.964 bits per heavy atom. The third kappa shape index (κ3) is 3.35. The van der Waals surface area contributed by atoms with Gasteiger partial charge < -0.3 is 5.11 Å². The number of H-pyrrole nitrogens is 3. The Hall–Kier alpha value is -3.93. The summed E-state index contributed by atoms with van der Waals surface area (Å²) in [5.74, 6) is 5.55. The van der Waals surface area contributed by atoms with Crippen LogP contribution in [0.1, 0.15) is 16.7 Å². The molecule has 0 saturated heterocycles. The Morgan fingerprint density at radius 2 is 1.71 bits per heavy atom. The fourth-order valence-corrected chi connectivity index (χ4v) is 2.70. The maximum Gasteiger partial charge on any atom is 0.417 e. The van der Waals surface area contributed by atoms with E-state index in [4.69, 9.17) is 0 Å². The quantitative estimate of drug-likeness (QED) is 0.395. The predicted octanol–water partition coefficient (Wildman–Crippen LogP) is 3.92. The molecule has 0 aliphatic heterocycles. The minimum absolute atomic E-state index is 0.221. The monoisotopic (exact) mass is 383 g/mol. The van der Waals surface area contributed by atoms with Crippen molar-refractivity contribution in [2.45, 2.75) is 6.18 Å². The van der Waals surface area contributed by atoms with Crippen molar-refractivity contribution in [1.82, 2.24) is 25.6 Å². The van der Waals surface area contributed by atoms with Gasteiger partial charge in [0.25, 0.3) is 0 Å². The largest absolute Gasteiger partial charge is 0.508 e. The third-order valence-corrected chi connectivity index (χ3v) is 4.08. The lowest BCUT2D eigenvalue weighted by Gasteiger charge is -2.10. The summed E-state index contributed by atoms with van der Waals surface area (Å²) in [5, 5.41) is 25.4. The molecule has 2 aromatic heterocycles. The van der Waals surface area contributed by atoms with Gasteiger partial charge in [-0.3, -0.25) is 10.2 Å². The van der Waals surface area contributed by atoms with E-state index in [1.807, 2.05) is 6.07 Å². The van der Waals surface area contributed by atoms with E-state index in [1.54, 1.807) is 24.5 Å². The second-order valence-electron chi connectivity index (χ2n) is 5.92. The number of benzene rings is 2. The molecule has 0 saturated carbocycles. The fourth-order valence-electron chi connectivity index (χ4n) is 2.70. The number of nitrogens with zero attached hydrogens (tertiary/aromatic N) is 2. The van der Waals surface area contributed by atoms with Crippen LogP contribution < -0.4 is 0 Å². The van der Waals surface area contributed by atoms with Crippen molar-refractivity contribution in [3.63, 3.8) is 0 Å². The number of phenolic OH excluding ortho intramolecular Hbond substituents is 1. The Morgan fingerprint density at radius 3 is 2.36 bits per heavy atom. The molecule has 28 heavy (non-hydrogen) atoms. The van der Waals surface area contributed by atoms with Gasteiger partial charge in [-0.15, -0.1) is 5.10 Å². The number of phenols is 1. The number of hydrogen-bond acceptors (Lipinski definition) is 3. The van der Waals surface area contributed by atoms with E-state index in [2.05, 4.69) is 37.4 Å². The van der Waals surface area contributed by atoms with Gasteiger partial charge in [-0.1, -0.05) is 11.8 Å². The molecule has 0 aliphatic rings. The third-order valence-electron chi connectivity index (χ3n) is 4.08. The minimum atomic E-state index is -4.62. The van der Waals surface area contributed by atoms with E-state index in [9.17, 15) is 18.3 Å². The molecular weight excluding hydrogens is 371 g/mol. The first-order valence-corrected chi connectivity index (χ1v) is 8.06. The number of alkyl halides is 3. The van der Waals surface area contributed by atoms with Crippen LogP contribution in [-0.4, -0.2) is 30.7 Å². The van der Waals surface area contributed by atoms with Gasteiger partial charge in [-0.05, 0) is 36.4 Å². The van der Waals surface area contributed by atoms with Crippen molar-refractivity contribution in [3.05, 3.63) is 65.5 Å². The van der Waals surface area contributed by atoms with Crippen LogP contribution in [0.25, 0.3) is 22.5 Å². The normalized spacial score (nSPS) is 11.2. The zero-order chi connectivity index (χ0) is 19.7. The Kier molecular flexibility index (Phi) is 4.16. The zero-order valence-corrected chi connectivity index (χ0v) is 14.1. The molecule has 0 bridgehead atoms. The fraction of sp³-hybridized carbons (Fsp3) is 0.0526. The maximum absolute atomic E-state index is 13.2. The van der Waals surface area contributed by atoms with Gasteiger partial charge in [0, 0.05) is 34.0 Å². The average molecular weight is 383 g/mol. The van der Waals surface area contributed by atoms with E-state index in [-0.39, 0.29) is 5.56 Å². The molecule has 0 amide bonds. The summed E-state index contributed by atoms with van der Waals surface area (Å²) in [4.78, 5) is 0. The van der Waals surface area contributed by atoms with Gasteiger partial charge >= 0.3 is 6.18 Å². The SMILES string of the molecule is Oc1ccc(C#Cc2ccc(-c3n[nH][nH]3)cc2-c2cn[nH]c2)c(C(F)(F)F)c1. The number of aromatic amines is 3. The Balaban J connectivity index is 1.81. The van der Waals surface area contributed by atoms with Gasteiger partial charge in [0.1, 0.15) is 5.75 Å². The molecule has 9 heteroatoms. The second-order valence-corrected chi connectivity index (χ2v) is 5.92. The molecule has 4 rings (SSSR count). The molecule has 4 aromatic rings. The molecule has 0 aliphatic carbocycles. The van der Waals surface area contributed by atoms with E-state index < -0.39 is 17.5 Å². The lowest BCUT2D eigenvalue weighted by molar-refractivity contribution is -0.137. The van der Waals surface area contributed by atoms with E-state index in [1.165, 1.54) is 6.07 Å². The number of aromatic nitrogens is 5. The standard InChI is InChI=1S/C19H12F3N5O/c20-19(21,22)17-8-15(28)6-5-12(17)3-1-11-2-4-13(18-25-27-26-18)7-16(11)14-9-23-24-10-14/h2,4-10,27-28H,(H,23,24)(H,25,26). The summed E-state index contributed by atoms with van der Waals surface area (Å²) < 4.78 is 39.7. The van der Waals surface area contributed by atoms with Crippen LogP contribution in [0.2, 0.25) is 0 Å². The van der Waals surface area contributed by atoms with Crippen molar-refractivity contribution in [2.24, 2.45) is 0 Å². The topological polar surface area (TPSA) is 93.4 Å². The van der Waals surface area contributed by atoms with Crippen molar-refractivity contribution in [3.8, 4) is 40.1 Å². The van der Waals surface area contributed by atoms with Crippen molar-refractivity contribution >= 4 is 0 Å². The zero-order valence-electron chi connectivity index (χ0n) is 14.1. The smallest absolute Gasteiger partial charge is 0.417 e. The summed E-state index contributed by atoms with van der Waals surface area (Å²) in [6.45, 7) is 0. The highest BCUT2D eigenvalue weighted by atomic mass is 19.4. The molecule has 140 valence electrons. The van der Waals surface area contributed by atoms with E-state index in [0.717, 1.165) is 17.2 Å². The summed E-state index contributed by atoms with van der Waals surface area (Å²) >= 11 is 0. The Labute approximate surface area is 156 Å². The number of aromatic hydroxyl groups is 1. The van der Waals surface area contributed by atoms with Gasteiger partial charge in [0.15, 0.2) is 5.82 Å². The number of nitrogens with one attached hydrogen (secondary N) is 3. The molecule has 4 N–H and O–H groups in total. The molecule has 0 fully saturated rings. The first-order valence-electron chi connectivity index (χ1n) is 8.06. The lowest BCUT2D eigenvalue weighted by Crippen LogP contribution is -2.07. The second kappa shape index (κ2) is 6.66. The minimum Gasteiger partial charge on any atom is -0.508 e. The average Bonchev–Trinajstić information content (AvgIpc) is 3.13. The van der Waals surface area contributed by atoms with Gasteiger partial charge in [-0.25, -0.2) is 5.21 Å². The number of halogens is 3. The molecule has 0 atom stereocenters. The first kappa shape index (κ1) is 17.5. The molecule has 2 heterocycles. The van der Waals surface area contributed by atoms with Crippen LogP contribution in [0, 0.1) is 11.8 Å². The summed E-state index contributed by atoms with van der Waals surface area (Å²) in [5.41, 5.74) is 1.55. The highest BCUT2D eigenvalue weighted by Crippen LogP contribution is 2.34. The molecule has 2 aromatic carbocycles. The maximum atomic E-state index is 13.2. The van der Waals surface area contributed by atoms with Crippen molar-refractivity contribution < 1.29 is 18.3 Å². The molecule has 0 spiro atoms. The van der Waals surface area contributed by atoms with Crippen LogP contribution in [-0.2, 0) is 6.18 Å². The number of hydrogen-bond donors (Lipinski definition) is 4. The van der Waals surface area contributed by atoms with Crippen LogP contribution in [0.4, 0.5) is 13.2 Å². The lowest BCUT2D eigenvalue weighted by atomic mass is 9.98. The highest BCUT2D eigenvalue weighted by molar-refractivity contribution is 5.76. The van der Waals surface area contributed by atoms with Gasteiger partial charge in [-0.2, -0.15) is 18.3 Å². The van der Waals surface area contributed by atoms with E-state index >= 15 is 0 Å². The predicted molar refractivity (Wildman–Crippen MR) is 95.0 cm³/mol. The summed E-state index contributed by atoms with van der Waals surface area (Å²) in [6, 6.07) is 8.28. The van der Waals surface area contributed by atoms with Gasteiger partial charge in [0.05, 0.1) is 11.8 Å². The number of rotatable bonds is 2. The Bertz CT molecular complexity index is 1170. The van der Waals surface area contributed by atoms with Crippen LogP contribution >= 0.6 is 0 Å². The summed E-state index contributed by atoms with van der Waals surface area (Å²) in [7, 11) is 0. The van der Waals surface area contributed by atoms with Crippen LogP contribution in [0.3, 0.4) is 0 Å².